The lowest BCUT2D eigenvalue weighted by molar-refractivity contribution is 0.303. The van der Waals surface area contributed by atoms with E-state index in [1.165, 1.54) is 0 Å². The maximum atomic E-state index is 5.61. The van der Waals surface area contributed by atoms with Crippen LogP contribution in [0.5, 0.6) is 5.88 Å². The van der Waals surface area contributed by atoms with Crippen LogP contribution in [0.25, 0.3) is 0 Å². The van der Waals surface area contributed by atoms with Crippen molar-refractivity contribution in [3.8, 4) is 5.88 Å². The van der Waals surface area contributed by atoms with Crippen molar-refractivity contribution in [1.82, 2.24) is 9.97 Å². The largest absolute Gasteiger partial charge is 0.478 e. The number of rotatable bonds is 5. The molecule has 17 heavy (non-hydrogen) atoms. The Kier molecular flexibility index (Phi) is 3.78. The van der Waals surface area contributed by atoms with Gasteiger partial charge in [0, 0.05) is 30.8 Å². The molecule has 0 aliphatic carbocycles. The molecule has 0 saturated carbocycles. The fraction of sp³-hybridized carbons (Fsp3) is 0.667. The van der Waals surface area contributed by atoms with Crippen LogP contribution in [0.1, 0.15) is 19.0 Å². The molecule has 0 aromatic carbocycles. The van der Waals surface area contributed by atoms with Crippen LogP contribution in [-0.2, 0) is 0 Å². The van der Waals surface area contributed by atoms with E-state index in [9.17, 15) is 0 Å². The van der Waals surface area contributed by atoms with E-state index >= 15 is 0 Å². The summed E-state index contributed by atoms with van der Waals surface area (Å²) in [6, 6.07) is 1.87. The van der Waals surface area contributed by atoms with E-state index in [4.69, 9.17) is 10.5 Å². The van der Waals surface area contributed by atoms with Crippen LogP contribution in [0.2, 0.25) is 0 Å². The van der Waals surface area contributed by atoms with Crippen molar-refractivity contribution in [3.05, 3.63) is 11.8 Å². The zero-order chi connectivity index (χ0) is 12.3. The van der Waals surface area contributed by atoms with Gasteiger partial charge in [0.25, 0.3) is 0 Å². The molecule has 94 valence electrons. The summed E-state index contributed by atoms with van der Waals surface area (Å²) in [5.74, 6) is 2.02. The summed E-state index contributed by atoms with van der Waals surface area (Å²) < 4.78 is 5.55. The summed E-state index contributed by atoms with van der Waals surface area (Å²) in [5, 5.41) is 0. The van der Waals surface area contributed by atoms with Crippen molar-refractivity contribution in [3.63, 3.8) is 0 Å². The Morgan fingerprint density at radius 3 is 2.88 bits per heavy atom. The number of hydrogen-bond acceptors (Lipinski definition) is 5. The summed E-state index contributed by atoms with van der Waals surface area (Å²) in [6.45, 7) is 7.38. The first-order valence-electron chi connectivity index (χ1n) is 6.16. The predicted octanol–water partition coefficient (Wildman–Crippen LogP) is 0.969. The molecule has 0 radical (unpaired) electrons. The lowest BCUT2D eigenvalue weighted by Crippen LogP contribution is -2.50. The molecule has 1 aliphatic heterocycles. The van der Waals surface area contributed by atoms with Crippen LogP contribution in [0, 0.1) is 12.8 Å². The molecule has 0 spiro atoms. The summed E-state index contributed by atoms with van der Waals surface area (Å²) in [4.78, 5) is 11.0. The van der Waals surface area contributed by atoms with Gasteiger partial charge >= 0.3 is 0 Å². The second-order valence-corrected chi connectivity index (χ2v) is 4.50. The zero-order valence-electron chi connectivity index (χ0n) is 10.5. The minimum Gasteiger partial charge on any atom is -0.478 e. The standard InChI is InChI=1S/C12H20N4O/c1-3-4-17-11-5-9(2)14-12(15-11)16-7-10(6-13)8-16/h5,10H,3-4,6-8,13H2,1-2H3. The Hall–Kier alpha value is -1.36. The average molecular weight is 236 g/mol. The number of hydrogen-bond donors (Lipinski definition) is 1. The molecule has 5 nitrogen and oxygen atoms in total. The highest BCUT2D eigenvalue weighted by Crippen LogP contribution is 2.22. The maximum Gasteiger partial charge on any atom is 0.228 e. The Labute approximate surface area is 102 Å². The van der Waals surface area contributed by atoms with Crippen molar-refractivity contribution < 1.29 is 4.74 Å². The van der Waals surface area contributed by atoms with Crippen molar-refractivity contribution in [1.29, 1.82) is 0 Å². The number of aryl methyl sites for hydroxylation is 1. The number of nitrogens with two attached hydrogens (primary N) is 1. The summed E-state index contributed by atoms with van der Waals surface area (Å²) in [5.41, 5.74) is 6.55. The molecule has 0 unspecified atom stereocenters. The third-order valence-corrected chi connectivity index (χ3v) is 2.85. The van der Waals surface area contributed by atoms with Gasteiger partial charge in [-0.25, -0.2) is 4.98 Å². The summed E-state index contributed by atoms with van der Waals surface area (Å²) in [6.07, 6.45) is 0.983. The second kappa shape index (κ2) is 5.31. The topological polar surface area (TPSA) is 64.3 Å². The van der Waals surface area contributed by atoms with E-state index in [1.807, 2.05) is 13.0 Å². The summed E-state index contributed by atoms with van der Waals surface area (Å²) >= 11 is 0. The van der Waals surface area contributed by atoms with E-state index in [2.05, 4.69) is 21.8 Å². The fourth-order valence-corrected chi connectivity index (χ4v) is 1.83. The van der Waals surface area contributed by atoms with Crippen molar-refractivity contribution in [2.45, 2.75) is 20.3 Å². The van der Waals surface area contributed by atoms with Crippen LogP contribution in [0.15, 0.2) is 6.07 Å². The molecule has 5 heteroatoms. The van der Waals surface area contributed by atoms with Gasteiger partial charge in [0.05, 0.1) is 6.61 Å². The second-order valence-electron chi connectivity index (χ2n) is 4.50. The van der Waals surface area contributed by atoms with E-state index < -0.39 is 0 Å². The van der Waals surface area contributed by atoms with E-state index in [1.54, 1.807) is 0 Å². The Morgan fingerprint density at radius 2 is 2.24 bits per heavy atom. The zero-order valence-corrected chi connectivity index (χ0v) is 10.5. The van der Waals surface area contributed by atoms with Gasteiger partial charge in [-0.05, 0) is 19.9 Å². The first-order chi connectivity index (χ1) is 8.22. The highest BCUT2D eigenvalue weighted by molar-refractivity contribution is 5.37. The van der Waals surface area contributed by atoms with Gasteiger partial charge in [-0.1, -0.05) is 6.92 Å². The molecule has 1 aromatic rings. The minimum atomic E-state index is 0.583. The molecule has 2 heterocycles. The van der Waals surface area contributed by atoms with E-state index in [0.717, 1.165) is 37.7 Å². The SMILES string of the molecule is CCCOc1cc(C)nc(N2CC(CN)C2)n1. The third kappa shape index (κ3) is 2.85. The number of aromatic nitrogens is 2. The average Bonchev–Trinajstić information content (AvgIpc) is 2.24. The van der Waals surface area contributed by atoms with Crippen LogP contribution in [-0.4, -0.2) is 36.2 Å². The fourth-order valence-electron chi connectivity index (χ4n) is 1.83. The van der Waals surface area contributed by atoms with Gasteiger partial charge < -0.3 is 15.4 Å². The van der Waals surface area contributed by atoms with Gasteiger partial charge in [0.2, 0.25) is 11.8 Å². The monoisotopic (exact) mass is 236 g/mol. The van der Waals surface area contributed by atoms with E-state index in [-0.39, 0.29) is 0 Å². The molecule has 1 fully saturated rings. The molecule has 0 atom stereocenters. The smallest absolute Gasteiger partial charge is 0.228 e. The van der Waals surface area contributed by atoms with Gasteiger partial charge in [-0.15, -0.1) is 0 Å². The lowest BCUT2D eigenvalue weighted by atomic mass is 10.0. The van der Waals surface area contributed by atoms with E-state index in [0.29, 0.717) is 18.4 Å². The molecule has 0 amide bonds. The maximum absolute atomic E-state index is 5.61. The third-order valence-electron chi connectivity index (χ3n) is 2.85. The van der Waals surface area contributed by atoms with Gasteiger partial charge in [0.15, 0.2) is 0 Å². The Morgan fingerprint density at radius 1 is 1.47 bits per heavy atom. The number of nitrogens with zero attached hydrogens (tertiary/aromatic N) is 3. The highest BCUT2D eigenvalue weighted by atomic mass is 16.5. The molecule has 0 bridgehead atoms. The lowest BCUT2D eigenvalue weighted by Gasteiger charge is -2.38. The van der Waals surface area contributed by atoms with Crippen molar-refractivity contribution in [2.75, 3.05) is 31.1 Å². The molecular weight excluding hydrogens is 216 g/mol. The predicted molar refractivity (Wildman–Crippen MR) is 67.3 cm³/mol. The molecule has 2 N–H and O–H groups in total. The normalized spacial score (nSPS) is 15.8. The Bertz CT molecular complexity index is 377. The first-order valence-corrected chi connectivity index (χ1v) is 6.16. The Balaban J connectivity index is 2.04. The molecule has 1 aromatic heterocycles. The molecule has 1 saturated heterocycles. The van der Waals surface area contributed by atoms with Crippen LogP contribution in [0.4, 0.5) is 5.95 Å². The highest BCUT2D eigenvalue weighted by Gasteiger charge is 2.27. The first kappa shape index (κ1) is 12.1. The van der Waals surface area contributed by atoms with Crippen LogP contribution in [0.3, 0.4) is 0 Å². The van der Waals surface area contributed by atoms with Crippen molar-refractivity contribution >= 4 is 5.95 Å². The summed E-state index contributed by atoms with van der Waals surface area (Å²) in [7, 11) is 0. The van der Waals surface area contributed by atoms with Gasteiger partial charge in [0.1, 0.15) is 0 Å². The quantitative estimate of drug-likeness (QED) is 0.825. The van der Waals surface area contributed by atoms with Gasteiger partial charge in [-0.2, -0.15) is 4.98 Å². The molecular formula is C12H20N4O. The van der Waals surface area contributed by atoms with Crippen molar-refractivity contribution in [2.24, 2.45) is 11.7 Å². The van der Waals surface area contributed by atoms with Gasteiger partial charge in [-0.3, -0.25) is 0 Å². The van der Waals surface area contributed by atoms with Crippen LogP contribution >= 0.6 is 0 Å². The minimum absolute atomic E-state index is 0.583. The number of ether oxygens (including phenoxy) is 1. The number of anilines is 1. The molecule has 1 aliphatic rings. The molecule has 2 rings (SSSR count). The van der Waals surface area contributed by atoms with Crippen LogP contribution < -0.4 is 15.4 Å².